The van der Waals surface area contributed by atoms with Gasteiger partial charge in [-0.05, 0) is 5.56 Å². The van der Waals surface area contributed by atoms with Crippen LogP contribution in [-0.4, -0.2) is 20.0 Å². The Balaban J connectivity index is 2.91. The Kier molecular flexibility index (Phi) is 3.46. The summed E-state index contributed by atoms with van der Waals surface area (Å²) in [6, 6.07) is 9.78. The maximum Gasteiger partial charge on any atom is 0.139 e. The Morgan fingerprint density at radius 3 is 2.46 bits per heavy atom. The lowest BCUT2D eigenvalue weighted by molar-refractivity contribution is 0.156. The van der Waals surface area contributed by atoms with Gasteiger partial charge < -0.3 is 10.5 Å². The van der Waals surface area contributed by atoms with Crippen molar-refractivity contribution in [2.24, 2.45) is 10.7 Å². The van der Waals surface area contributed by atoms with Crippen LogP contribution >= 0.6 is 0 Å². The second-order valence-electron chi connectivity index (χ2n) is 2.67. The van der Waals surface area contributed by atoms with Crippen molar-refractivity contribution in [3.05, 3.63) is 35.9 Å². The lowest BCUT2D eigenvalue weighted by Gasteiger charge is -2.14. The number of ether oxygens (including phenoxy) is 1. The van der Waals surface area contributed by atoms with Gasteiger partial charge in [-0.2, -0.15) is 0 Å². The van der Waals surface area contributed by atoms with Gasteiger partial charge in [0.05, 0.1) is 0 Å². The Labute approximate surface area is 78.2 Å². The van der Waals surface area contributed by atoms with Crippen LogP contribution in [0.5, 0.6) is 0 Å². The average molecular weight is 178 g/mol. The van der Waals surface area contributed by atoms with Crippen molar-refractivity contribution in [3.63, 3.8) is 0 Å². The fraction of sp³-hybridized carbons (Fsp3) is 0.300. The molecule has 0 saturated heterocycles. The van der Waals surface area contributed by atoms with Crippen molar-refractivity contribution in [1.29, 1.82) is 0 Å². The van der Waals surface area contributed by atoms with E-state index in [0.717, 1.165) is 5.56 Å². The predicted octanol–water partition coefficient (Wildman–Crippen LogP) is 1.36. The molecular formula is C10H14N2O. The monoisotopic (exact) mass is 178 g/mol. The highest BCUT2D eigenvalue weighted by Crippen LogP contribution is 2.15. The van der Waals surface area contributed by atoms with E-state index in [2.05, 4.69) is 4.99 Å². The number of rotatable bonds is 3. The molecule has 3 heteroatoms. The van der Waals surface area contributed by atoms with Gasteiger partial charge in [-0.25, -0.2) is 0 Å². The molecule has 13 heavy (non-hydrogen) atoms. The van der Waals surface area contributed by atoms with Crippen LogP contribution in [0.4, 0.5) is 0 Å². The van der Waals surface area contributed by atoms with Crippen molar-refractivity contribution >= 4 is 5.84 Å². The average Bonchev–Trinajstić information content (AvgIpc) is 2.20. The molecule has 0 fully saturated rings. The SMILES string of the molecule is CN=C(N)C(OC)c1ccccc1. The van der Waals surface area contributed by atoms with Crippen LogP contribution in [-0.2, 0) is 4.74 Å². The van der Waals surface area contributed by atoms with E-state index in [4.69, 9.17) is 10.5 Å². The van der Waals surface area contributed by atoms with Crippen molar-refractivity contribution in [2.75, 3.05) is 14.2 Å². The summed E-state index contributed by atoms with van der Waals surface area (Å²) < 4.78 is 5.23. The lowest BCUT2D eigenvalue weighted by atomic mass is 10.1. The highest BCUT2D eigenvalue weighted by atomic mass is 16.5. The largest absolute Gasteiger partial charge is 0.385 e. The third kappa shape index (κ3) is 2.29. The molecule has 0 radical (unpaired) electrons. The number of amidine groups is 1. The maximum atomic E-state index is 5.68. The van der Waals surface area contributed by atoms with E-state index in [-0.39, 0.29) is 6.10 Å². The Morgan fingerprint density at radius 2 is 2.00 bits per heavy atom. The van der Waals surface area contributed by atoms with Gasteiger partial charge in [0.1, 0.15) is 11.9 Å². The molecule has 0 aliphatic carbocycles. The van der Waals surface area contributed by atoms with Crippen molar-refractivity contribution in [2.45, 2.75) is 6.10 Å². The zero-order chi connectivity index (χ0) is 9.68. The topological polar surface area (TPSA) is 47.6 Å². The predicted molar refractivity (Wildman–Crippen MR) is 53.7 cm³/mol. The first kappa shape index (κ1) is 9.74. The standard InChI is InChI=1S/C10H14N2O/c1-12-10(11)9(13-2)8-6-4-3-5-7-8/h3-7,9H,1-2H3,(H2,11,12). The number of methoxy groups -OCH3 is 1. The van der Waals surface area contributed by atoms with E-state index in [9.17, 15) is 0 Å². The van der Waals surface area contributed by atoms with E-state index in [1.165, 1.54) is 0 Å². The quantitative estimate of drug-likeness (QED) is 0.561. The molecule has 0 aliphatic rings. The van der Waals surface area contributed by atoms with Gasteiger partial charge in [-0.1, -0.05) is 30.3 Å². The number of aliphatic imine (C=N–C) groups is 1. The molecule has 0 heterocycles. The number of hydrogen-bond donors (Lipinski definition) is 1. The molecule has 0 aromatic heterocycles. The van der Waals surface area contributed by atoms with Crippen LogP contribution in [0.3, 0.4) is 0 Å². The van der Waals surface area contributed by atoms with Crippen LogP contribution < -0.4 is 5.73 Å². The van der Waals surface area contributed by atoms with Crippen LogP contribution in [0.25, 0.3) is 0 Å². The van der Waals surface area contributed by atoms with Crippen LogP contribution in [0.1, 0.15) is 11.7 Å². The van der Waals surface area contributed by atoms with Gasteiger partial charge in [-0.3, -0.25) is 4.99 Å². The fourth-order valence-corrected chi connectivity index (χ4v) is 1.17. The molecule has 1 unspecified atom stereocenters. The molecule has 0 aliphatic heterocycles. The molecule has 1 rings (SSSR count). The molecule has 0 spiro atoms. The molecular weight excluding hydrogens is 164 g/mol. The first-order valence-corrected chi connectivity index (χ1v) is 4.09. The van der Waals surface area contributed by atoms with Crippen LogP contribution in [0.2, 0.25) is 0 Å². The number of benzene rings is 1. The lowest BCUT2D eigenvalue weighted by Crippen LogP contribution is -2.23. The third-order valence-corrected chi connectivity index (χ3v) is 1.86. The number of nitrogens with zero attached hydrogens (tertiary/aromatic N) is 1. The minimum Gasteiger partial charge on any atom is -0.385 e. The summed E-state index contributed by atoms with van der Waals surface area (Å²) in [4.78, 5) is 3.91. The fourth-order valence-electron chi connectivity index (χ4n) is 1.17. The minimum absolute atomic E-state index is 0.230. The number of nitrogens with two attached hydrogens (primary N) is 1. The van der Waals surface area contributed by atoms with Gasteiger partial charge in [0, 0.05) is 14.2 Å². The zero-order valence-electron chi connectivity index (χ0n) is 7.90. The first-order chi connectivity index (χ1) is 6.29. The smallest absolute Gasteiger partial charge is 0.139 e. The Bertz CT molecular complexity index is 282. The third-order valence-electron chi connectivity index (χ3n) is 1.86. The molecule has 1 atom stereocenters. The molecule has 0 bridgehead atoms. The summed E-state index contributed by atoms with van der Waals surface area (Å²) in [5.74, 6) is 0.494. The van der Waals surface area contributed by atoms with E-state index in [0.29, 0.717) is 5.84 Å². The maximum absolute atomic E-state index is 5.68. The molecule has 0 amide bonds. The van der Waals surface area contributed by atoms with E-state index >= 15 is 0 Å². The molecule has 1 aromatic carbocycles. The summed E-state index contributed by atoms with van der Waals surface area (Å²) in [6.07, 6.45) is -0.230. The summed E-state index contributed by atoms with van der Waals surface area (Å²) in [6.45, 7) is 0. The second-order valence-corrected chi connectivity index (χ2v) is 2.67. The second kappa shape index (κ2) is 4.62. The molecule has 70 valence electrons. The first-order valence-electron chi connectivity index (χ1n) is 4.09. The van der Waals surface area contributed by atoms with Crippen molar-refractivity contribution in [3.8, 4) is 0 Å². The minimum atomic E-state index is -0.230. The van der Waals surface area contributed by atoms with Crippen LogP contribution in [0, 0.1) is 0 Å². The van der Waals surface area contributed by atoms with Gasteiger partial charge >= 0.3 is 0 Å². The van der Waals surface area contributed by atoms with Gasteiger partial charge in [-0.15, -0.1) is 0 Å². The number of hydrogen-bond acceptors (Lipinski definition) is 2. The molecule has 0 saturated carbocycles. The molecule has 1 aromatic rings. The molecule has 3 nitrogen and oxygen atoms in total. The van der Waals surface area contributed by atoms with Crippen molar-refractivity contribution < 1.29 is 4.74 Å². The normalized spacial score (nSPS) is 14.2. The van der Waals surface area contributed by atoms with E-state index < -0.39 is 0 Å². The zero-order valence-corrected chi connectivity index (χ0v) is 7.90. The summed E-state index contributed by atoms with van der Waals surface area (Å²) >= 11 is 0. The highest BCUT2D eigenvalue weighted by molar-refractivity contribution is 5.85. The van der Waals surface area contributed by atoms with Gasteiger partial charge in [0.15, 0.2) is 0 Å². The van der Waals surface area contributed by atoms with E-state index in [1.807, 2.05) is 30.3 Å². The highest BCUT2D eigenvalue weighted by Gasteiger charge is 2.12. The summed E-state index contributed by atoms with van der Waals surface area (Å²) in [5.41, 5.74) is 6.71. The van der Waals surface area contributed by atoms with Crippen molar-refractivity contribution in [1.82, 2.24) is 0 Å². The van der Waals surface area contributed by atoms with Crippen LogP contribution in [0.15, 0.2) is 35.3 Å². The Morgan fingerprint density at radius 1 is 1.38 bits per heavy atom. The summed E-state index contributed by atoms with van der Waals surface area (Å²) in [5, 5.41) is 0. The van der Waals surface area contributed by atoms with Gasteiger partial charge in [0.25, 0.3) is 0 Å². The van der Waals surface area contributed by atoms with Gasteiger partial charge in [0.2, 0.25) is 0 Å². The molecule has 2 N–H and O–H groups in total. The Hall–Kier alpha value is -1.35. The van der Waals surface area contributed by atoms with E-state index in [1.54, 1.807) is 14.2 Å². The summed E-state index contributed by atoms with van der Waals surface area (Å²) in [7, 11) is 3.28.